The fraction of sp³-hybridized carbons (Fsp3) is 0.105. The van der Waals surface area contributed by atoms with E-state index in [9.17, 15) is 9.90 Å². The molecule has 4 N–H and O–H groups in total. The zero-order valence-electron chi connectivity index (χ0n) is 14.0. The number of carbonyl (C=O) groups excluding carboxylic acids is 1. The zero-order valence-corrected chi connectivity index (χ0v) is 14.0. The predicted molar refractivity (Wildman–Crippen MR) is 97.3 cm³/mol. The van der Waals surface area contributed by atoms with Crippen LogP contribution in [0, 0.1) is 0 Å². The van der Waals surface area contributed by atoms with Gasteiger partial charge in [-0.3, -0.25) is 4.79 Å². The van der Waals surface area contributed by atoms with Gasteiger partial charge in [-0.2, -0.15) is 0 Å². The van der Waals surface area contributed by atoms with Crippen molar-refractivity contribution in [2.24, 2.45) is 12.8 Å². The van der Waals surface area contributed by atoms with E-state index in [-0.39, 0.29) is 0 Å². The molecule has 0 aliphatic carbocycles. The van der Waals surface area contributed by atoms with Crippen LogP contribution < -0.4 is 5.73 Å². The summed E-state index contributed by atoms with van der Waals surface area (Å²) in [6.07, 6.45) is 2.65. The van der Waals surface area contributed by atoms with Crippen LogP contribution in [0.3, 0.4) is 0 Å². The van der Waals surface area contributed by atoms with Crippen molar-refractivity contribution in [2.45, 2.75) is 6.10 Å². The molecule has 26 heavy (non-hydrogen) atoms. The zero-order chi connectivity index (χ0) is 18.3. The van der Waals surface area contributed by atoms with E-state index in [4.69, 9.17) is 5.73 Å². The number of hydrogen-bond donors (Lipinski definition) is 3. The van der Waals surface area contributed by atoms with Crippen LogP contribution in [0.4, 0.5) is 0 Å². The van der Waals surface area contributed by atoms with Crippen LogP contribution in [0.1, 0.15) is 27.8 Å². The van der Waals surface area contributed by atoms with Crippen LogP contribution in [-0.2, 0) is 7.05 Å². The van der Waals surface area contributed by atoms with Gasteiger partial charge in [0.15, 0.2) is 0 Å². The van der Waals surface area contributed by atoms with Crippen molar-refractivity contribution in [1.29, 1.82) is 0 Å². The van der Waals surface area contributed by atoms with Crippen LogP contribution in [0.2, 0.25) is 0 Å². The largest absolute Gasteiger partial charge is 0.380 e. The van der Waals surface area contributed by atoms with Crippen LogP contribution in [0.25, 0.3) is 22.4 Å². The van der Waals surface area contributed by atoms with Gasteiger partial charge in [0.2, 0.25) is 5.91 Å². The van der Waals surface area contributed by atoms with Crippen molar-refractivity contribution in [3.05, 3.63) is 71.8 Å². The first kappa shape index (κ1) is 16.0. The maximum absolute atomic E-state index is 11.3. The van der Waals surface area contributed by atoms with E-state index in [1.165, 1.54) is 0 Å². The van der Waals surface area contributed by atoms with Crippen molar-refractivity contribution in [3.8, 4) is 11.4 Å². The average molecular weight is 347 g/mol. The third kappa shape index (κ3) is 2.74. The van der Waals surface area contributed by atoms with E-state index in [1.54, 1.807) is 35.2 Å². The molecule has 4 aromatic rings. The first-order chi connectivity index (χ1) is 12.5. The van der Waals surface area contributed by atoms with E-state index in [0.29, 0.717) is 17.2 Å². The minimum atomic E-state index is -0.794. The molecule has 2 aromatic heterocycles. The normalized spacial score (nSPS) is 12.4. The molecule has 0 saturated heterocycles. The number of hydrogen-bond acceptors (Lipinski definition) is 4. The third-order valence-electron chi connectivity index (χ3n) is 4.37. The third-order valence-corrected chi connectivity index (χ3v) is 4.37. The molecular weight excluding hydrogens is 330 g/mol. The molecule has 1 atom stereocenters. The number of amides is 1. The molecule has 2 aromatic carbocycles. The van der Waals surface area contributed by atoms with E-state index >= 15 is 0 Å². The number of carbonyl (C=O) groups is 1. The summed E-state index contributed by atoms with van der Waals surface area (Å²) in [7, 11) is 1.84. The van der Waals surface area contributed by atoms with Crippen LogP contribution in [-0.4, -0.2) is 30.5 Å². The fourth-order valence-electron chi connectivity index (χ4n) is 2.91. The highest BCUT2D eigenvalue weighted by molar-refractivity contribution is 5.96. The minimum absolute atomic E-state index is 0.432. The lowest BCUT2D eigenvalue weighted by molar-refractivity contribution is 0.100. The summed E-state index contributed by atoms with van der Waals surface area (Å²) in [6, 6.07) is 12.6. The lowest BCUT2D eigenvalue weighted by atomic mass is 10.1. The van der Waals surface area contributed by atoms with Gasteiger partial charge in [0.05, 0.1) is 11.0 Å². The highest BCUT2D eigenvalue weighted by Crippen LogP contribution is 2.25. The number of aliphatic hydroxyl groups is 1. The molecular formula is C19H17N5O2. The van der Waals surface area contributed by atoms with Gasteiger partial charge in [-0.1, -0.05) is 24.3 Å². The summed E-state index contributed by atoms with van der Waals surface area (Å²) in [6.45, 7) is 0. The number of aromatic amines is 1. The molecule has 0 radical (unpaired) electrons. The van der Waals surface area contributed by atoms with Crippen LogP contribution >= 0.6 is 0 Å². The molecule has 7 nitrogen and oxygen atoms in total. The van der Waals surface area contributed by atoms with E-state index < -0.39 is 12.0 Å². The van der Waals surface area contributed by atoms with Crippen molar-refractivity contribution in [3.63, 3.8) is 0 Å². The second-order valence-electron chi connectivity index (χ2n) is 6.10. The van der Waals surface area contributed by atoms with Crippen molar-refractivity contribution in [2.75, 3.05) is 0 Å². The highest BCUT2D eigenvalue weighted by Gasteiger charge is 2.15. The first-order valence-electron chi connectivity index (χ1n) is 8.08. The summed E-state index contributed by atoms with van der Waals surface area (Å²) in [5, 5.41) is 10.5. The maximum atomic E-state index is 11.3. The lowest BCUT2D eigenvalue weighted by Gasteiger charge is -2.11. The Kier molecular flexibility index (Phi) is 3.78. The molecule has 0 aliphatic heterocycles. The molecule has 0 saturated carbocycles. The molecule has 2 heterocycles. The van der Waals surface area contributed by atoms with Gasteiger partial charge in [0.1, 0.15) is 17.8 Å². The Morgan fingerprint density at radius 3 is 2.65 bits per heavy atom. The number of primary amides is 1. The SMILES string of the molecule is Cn1ccnc1C(O)c1ccc(-c2nc3ccc(C(N)=O)cc3[nH]2)cc1. The number of aryl methyl sites for hydroxylation is 1. The average Bonchev–Trinajstić information content (AvgIpc) is 3.26. The Morgan fingerprint density at radius 2 is 2.00 bits per heavy atom. The molecule has 7 heteroatoms. The summed E-state index contributed by atoms with van der Waals surface area (Å²) >= 11 is 0. The quantitative estimate of drug-likeness (QED) is 0.525. The van der Waals surface area contributed by atoms with Crippen LogP contribution in [0.5, 0.6) is 0 Å². The molecule has 0 fully saturated rings. The monoisotopic (exact) mass is 347 g/mol. The standard InChI is InChI=1S/C19H17N5O2/c1-24-9-8-21-19(24)16(25)11-2-4-12(5-3-11)18-22-14-7-6-13(17(20)26)10-15(14)23-18/h2-10,16,25H,1H3,(H2,20,26)(H,22,23). The molecule has 0 spiro atoms. The molecule has 1 amide bonds. The van der Waals surface area contributed by atoms with Gasteiger partial charge >= 0.3 is 0 Å². The first-order valence-corrected chi connectivity index (χ1v) is 8.08. The van der Waals surface area contributed by atoms with Gasteiger partial charge in [-0.05, 0) is 23.8 Å². The number of benzene rings is 2. The number of imidazole rings is 2. The summed E-state index contributed by atoms with van der Waals surface area (Å²) in [5.74, 6) is 0.788. The Labute approximate surface area is 149 Å². The fourth-order valence-corrected chi connectivity index (χ4v) is 2.91. The number of fused-ring (bicyclic) bond motifs is 1. The van der Waals surface area contributed by atoms with Gasteiger partial charge in [0.25, 0.3) is 0 Å². The Hall–Kier alpha value is -3.45. The summed E-state index contributed by atoms with van der Waals surface area (Å²) in [5.41, 5.74) is 8.86. The number of H-pyrrole nitrogens is 1. The Bertz CT molecular complexity index is 1090. The number of nitrogens with one attached hydrogen (secondary N) is 1. The topological polar surface area (TPSA) is 110 Å². The number of nitrogens with two attached hydrogens (primary N) is 1. The van der Waals surface area contributed by atoms with Gasteiger partial charge < -0.3 is 20.4 Å². The molecule has 4 rings (SSSR count). The smallest absolute Gasteiger partial charge is 0.248 e. The minimum Gasteiger partial charge on any atom is -0.380 e. The van der Waals surface area contributed by atoms with Gasteiger partial charge in [-0.15, -0.1) is 0 Å². The van der Waals surface area contributed by atoms with E-state index in [1.807, 2.05) is 31.3 Å². The summed E-state index contributed by atoms with van der Waals surface area (Å²) in [4.78, 5) is 23.2. The molecule has 1 unspecified atom stereocenters. The Morgan fingerprint density at radius 1 is 1.23 bits per heavy atom. The lowest BCUT2D eigenvalue weighted by Crippen LogP contribution is -2.10. The molecule has 130 valence electrons. The maximum Gasteiger partial charge on any atom is 0.248 e. The van der Waals surface area contributed by atoms with Crippen molar-refractivity contribution < 1.29 is 9.90 Å². The predicted octanol–water partition coefficient (Wildman–Crippen LogP) is 2.14. The van der Waals surface area contributed by atoms with Crippen molar-refractivity contribution in [1.82, 2.24) is 19.5 Å². The number of aliphatic hydroxyl groups excluding tert-OH is 1. The number of aromatic nitrogens is 4. The van der Waals surface area contributed by atoms with Gasteiger partial charge in [0, 0.05) is 30.6 Å². The van der Waals surface area contributed by atoms with Gasteiger partial charge in [-0.25, -0.2) is 9.97 Å². The Balaban J connectivity index is 1.65. The second kappa shape index (κ2) is 6.12. The highest BCUT2D eigenvalue weighted by atomic mass is 16.3. The number of rotatable bonds is 4. The summed E-state index contributed by atoms with van der Waals surface area (Å²) < 4.78 is 1.79. The van der Waals surface area contributed by atoms with E-state index in [0.717, 1.165) is 22.2 Å². The molecule has 0 aliphatic rings. The second-order valence-corrected chi connectivity index (χ2v) is 6.10. The number of nitrogens with zero attached hydrogens (tertiary/aromatic N) is 3. The molecule has 0 bridgehead atoms. The van der Waals surface area contributed by atoms with E-state index in [2.05, 4.69) is 15.0 Å². The van der Waals surface area contributed by atoms with Crippen molar-refractivity contribution >= 4 is 16.9 Å². The van der Waals surface area contributed by atoms with Crippen LogP contribution in [0.15, 0.2) is 54.9 Å².